The summed E-state index contributed by atoms with van der Waals surface area (Å²) in [5, 5.41) is 29.3. The molecule has 0 N–H and O–H groups in total. The minimum atomic E-state index is -1.60. The van der Waals surface area contributed by atoms with Crippen molar-refractivity contribution in [3.63, 3.8) is 0 Å². The fourth-order valence-corrected chi connectivity index (χ4v) is 5.34. The second-order valence-electron chi connectivity index (χ2n) is 8.38. The summed E-state index contributed by atoms with van der Waals surface area (Å²) in [6.07, 6.45) is 3.39. The van der Waals surface area contributed by atoms with Gasteiger partial charge in [0.05, 0.1) is 46.8 Å². The molecule has 0 saturated carbocycles. The third kappa shape index (κ3) is 2.84. The number of benzene rings is 2. The minimum absolute atomic E-state index is 0.175. The van der Waals surface area contributed by atoms with Gasteiger partial charge in [-0.05, 0) is 47.4 Å². The van der Waals surface area contributed by atoms with Gasteiger partial charge in [0.2, 0.25) is 0 Å². The zero-order valence-electron chi connectivity index (χ0n) is 19.3. The van der Waals surface area contributed by atoms with Crippen LogP contribution in [0.4, 0.5) is 11.4 Å². The van der Waals surface area contributed by atoms with Crippen molar-refractivity contribution >= 4 is 29.0 Å². The van der Waals surface area contributed by atoms with E-state index in [1.54, 1.807) is 19.1 Å². The van der Waals surface area contributed by atoms with Gasteiger partial charge in [-0.2, -0.15) is 5.10 Å². The Balaban J connectivity index is 1.99. The molecule has 2 heterocycles. The highest BCUT2D eigenvalue weighted by molar-refractivity contribution is 6.08. The number of fused-ring (bicyclic) bond motifs is 7. The van der Waals surface area contributed by atoms with Gasteiger partial charge in [0, 0.05) is 24.3 Å². The van der Waals surface area contributed by atoms with E-state index in [1.165, 1.54) is 41.4 Å². The van der Waals surface area contributed by atoms with E-state index < -0.39 is 33.2 Å². The molecule has 182 valence electrons. The highest BCUT2D eigenvalue weighted by Gasteiger charge is 2.63. The quantitative estimate of drug-likeness (QED) is 0.357. The van der Waals surface area contributed by atoms with Crippen molar-refractivity contribution in [3.05, 3.63) is 91.2 Å². The Morgan fingerprint density at radius 3 is 1.94 bits per heavy atom. The number of carbonyl (C=O) groups excluding carboxylic acids is 2. The number of hydrogen-bond donors (Lipinski definition) is 0. The molecule has 0 fully saturated rings. The minimum Gasteiger partial charge on any atom is -0.466 e. The first-order valence-corrected chi connectivity index (χ1v) is 10.7. The lowest BCUT2D eigenvalue weighted by molar-refractivity contribution is -0.385. The lowest BCUT2D eigenvalue weighted by Gasteiger charge is -2.37. The molecule has 2 aliphatic heterocycles. The molecule has 5 rings (SSSR count). The summed E-state index contributed by atoms with van der Waals surface area (Å²) in [7, 11) is 2.28. The second-order valence-corrected chi connectivity index (χ2v) is 8.38. The van der Waals surface area contributed by atoms with Crippen LogP contribution in [-0.2, 0) is 24.5 Å². The van der Waals surface area contributed by atoms with Crippen LogP contribution in [0.3, 0.4) is 0 Å². The van der Waals surface area contributed by atoms with Gasteiger partial charge in [-0.25, -0.2) is 14.6 Å². The van der Waals surface area contributed by atoms with Crippen molar-refractivity contribution < 1.29 is 28.9 Å². The zero-order chi connectivity index (χ0) is 25.9. The molecule has 1 unspecified atom stereocenters. The topological polar surface area (TPSA) is 154 Å². The highest BCUT2D eigenvalue weighted by Crippen LogP contribution is 2.61. The Labute approximate surface area is 203 Å². The summed E-state index contributed by atoms with van der Waals surface area (Å²) in [4.78, 5) is 48.8. The molecule has 12 heteroatoms. The Morgan fingerprint density at radius 2 is 1.47 bits per heavy atom. The van der Waals surface area contributed by atoms with E-state index in [4.69, 9.17) is 9.47 Å². The average molecular weight is 490 g/mol. The van der Waals surface area contributed by atoms with Gasteiger partial charge in [0.1, 0.15) is 0 Å². The molecule has 3 aliphatic rings. The van der Waals surface area contributed by atoms with Crippen LogP contribution in [0.25, 0.3) is 11.1 Å². The van der Waals surface area contributed by atoms with Crippen LogP contribution >= 0.6 is 0 Å². The number of nitro groups is 2. The Kier molecular flexibility index (Phi) is 4.98. The smallest absolute Gasteiger partial charge is 0.356 e. The molecular weight excluding hydrogens is 472 g/mol. The summed E-state index contributed by atoms with van der Waals surface area (Å²) in [6.45, 7) is 1.69. The molecule has 1 aliphatic carbocycles. The number of nitrogens with zero attached hydrogens (tertiary/aromatic N) is 4. The Morgan fingerprint density at radius 1 is 0.944 bits per heavy atom. The van der Waals surface area contributed by atoms with Crippen molar-refractivity contribution in [2.24, 2.45) is 5.10 Å². The first-order chi connectivity index (χ1) is 17.2. The van der Waals surface area contributed by atoms with Gasteiger partial charge in [-0.15, -0.1) is 0 Å². The van der Waals surface area contributed by atoms with E-state index in [-0.39, 0.29) is 22.6 Å². The molecule has 0 aromatic heterocycles. The maximum Gasteiger partial charge on any atom is 0.356 e. The SMILES string of the molecule is COC(=O)C1=C(C(=O)OC)C2(c3cc([N+](=O)[O-])ccc3-c3ccc([N+](=O)[O-])cc32)C2C=CC(C)=NN12. The van der Waals surface area contributed by atoms with Crippen LogP contribution in [-0.4, -0.2) is 52.8 Å². The van der Waals surface area contributed by atoms with Gasteiger partial charge < -0.3 is 9.47 Å². The van der Waals surface area contributed by atoms with Crippen molar-refractivity contribution in [1.82, 2.24) is 5.01 Å². The standard InChI is InChI=1S/C24H18N4O8/c1-12-4-9-19-24(20(22(29)35-2)21(23(30)36-3)26(19)25-12)17-10-13(27(31)32)5-7-15(17)16-8-6-14(28(33)34)11-18(16)24/h4-11,19H,1-3H3. The maximum atomic E-state index is 13.4. The largest absolute Gasteiger partial charge is 0.466 e. The molecule has 0 amide bonds. The van der Waals surface area contributed by atoms with Gasteiger partial charge in [-0.3, -0.25) is 20.2 Å². The van der Waals surface area contributed by atoms with E-state index in [2.05, 4.69) is 5.10 Å². The first-order valence-electron chi connectivity index (χ1n) is 10.7. The third-order valence-corrected chi connectivity index (χ3v) is 6.69. The summed E-state index contributed by atoms with van der Waals surface area (Å²) in [6, 6.07) is 7.46. The van der Waals surface area contributed by atoms with Gasteiger partial charge in [0.25, 0.3) is 11.4 Å². The molecule has 2 aromatic carbocycles. The highest BCUT2D eigenvalue weighted by atomic mass is 16.6. The second kappa shape index (κ2) is 7.83. The molecule has 0 radical (unpaired) electrons. The normalized spacial score (nSPS) is 18.4. The van der Waals surface area contributed by atoms with E-state index >= 15 is 0 Å². The zero-order valence-corrected chi connectivity index (χ0v) is 19.3. The Bertz CT molecular complexity index is 1430. The Hall–Kier alpha value is -4.87. The van der Waals surface area contributed by atoms with Crippen molar-refractivity contribution in [2.45, 2.75) is 18.4 Å². The van der Waals surface area contributed by atoms with Crippen LogP contribution in [0.5, 0.6) is 0 Å². The number of rotatable bonds is 4. The monoisotopic (exact) mass is 490 g/mol. The van der Waals surface area contributed by atoms with Gasteiger partial charge >= 0.3 is 11.9 Å². The molecular formula is C24H18N4O8. The molecule has 0 bridgehead atoms. The number of non-ortho nitro benzene ring substituents is 2. The fraction of sp³-hybridized carbons (Fsp3) is 0.208. The van der Waals surface area contributed by atoms with Crippen molar-refractivity contribution in [2.75, 3.05) is 14.2 Å². The summed E-state index contributed by atoms with van der Waals surface area (Å²) in [5.74, 6) is -1.78. The number of esters is 2. The van der Waals surface area contributed by atoms with Crippen molar-refractivity contribution in [1.29, 1.82) is 0 Å². The summed E-state index contributed by atoms with van der Waals surface area (Å²) >= 11 is 0. The van der Waals surface area contributed by atoms with Crippen LogP contribution < -0.4 is 0 Å². The average Bonchev–Trinajstić information content (AvgIpc) is 3.32. The van der Waals surface area contributed by atoms with Crippen molar-refractivity contribution in [3.8, 4) is 11.1 Å². The third-order valence-electron chi connectivity index (χ3n) is 6.69. The molecule has 36 heavy (non-hydrogen) atoms. The predicted molar refractivity (Wildman–Crippen MR) is 125 cm³/mol. The summed E-state index contributed by atoms with van der Waals surface area (Å²) in [5.41, 5.74) is -0.280. The van der Waals surface area contributed by atoms with Crippen LogP contribution in [0, 0.1) is 20.2 Å². The molecule has 12 nitrogen and oxygen atoms in total. The fourth-order valence-electron chi connectivity index (χ4n) is 5.34. The maximum absolute atomic E-state index is 13.4. The lowest BCUT2D eigenvalue weighted by Crippen LogP contribution is -2.44. The molecule has 1 spiro atoms. The number of allylic oxidation sites excluding steroid dienone is 1. The predicted octanol–water partition coefficient (Wildman–Crippen LogP) is 3.00. The molecule has 0 saturated heterocycles. The van der Waals surface area contributed by atoms with Gasteiger partial charge in [0.15, 0.2) is 5.70 Å². The number of hydrogen-bond acceptors (Lipinski definition) is 10. The van der Waals surface area contributed by atoms with E-state index in [0.717, 1.165) is 14.2 Å². The number of hydrazone groups is 1. The van der Waals surface area contributed by atoms with Crippen LogP contribution in [0.15, 0.2) is 64.9 Å². The van der Waals surface area contributed by atoms with E-state index in [9.17, 15) is 29.8 Å². The number of ether oxygens (including phenoxy) is 2. The van der Waals surface area contributed by atoms with E-state index in [1.807, 2.05) is 0 Å². The number of carbonyl (C=O) groups is 2. The van der Waals surface area contributed by atoms with Crippen LogP contribution in [0.1, 0.15) is 18.1 Å². The first kappa shape index (κ1) is 22.9. The number of methoxy groups -OCH3 is 2. The number of nitro benzene ring substituents is 2. The van der Waals surface area contributed by atoms with E-state index in [0.29, 0.717) is 28.0 Å². The molecule has 2 aromatic rings. The van der Waals surface area contributed by atoms with Crippen LogP contribution in [0.2, 0.25) is 0 Å². The van der Waals surface area contributed by atoms with Gasteiger partial charge in [-0.1, -0.05) is 6.08 Å². The molecule has 1 atom stereocenters. The lowest BCUT2D eigenvalue weighted by atomic mass is 9.68. The summed E-state index contributed by atoms with van der Waals surface area (Å²) < 4.78 is 10.1.